The van der Waals surface area contributed by atoms with Crippen LogP contribution in [0.2, 0.25) is 0 Å². The van der Waals surface area contributed by atoms with Crippen LogP contribution in [0.4, 0.5) is 0 Å². The van der Waals surface area contributed by atoms with E-state index in [9.17, 15) is 9.59 Å². The molecule has 0 bridgehead atoms. The van der Waals surface area contributed by atoms with E-state index in [1.54, 1.807) is 0 Å². The number of carboxylic acid groups (broad SMARTS) is 1. The number of hydrogen-bond acceptors (Lipinski definition) is 4. The fraction of sp³-hybridized carbons (Fsp3) is 0.333. The lowest BCUT2D eigenvalue weighted by Gasteiger charge is -2.18. The van der Waals surface area contributed by atoms with Crippen molar-refractivity contribution in [2.45, 2.75) is 31.9 Å². The lowest BCUT2D eigenvalue weighted by molar-refractivity contribution is -0.137. The normalized spacial score (nSPS) is 14.7. The van der Waals surface area contributed by atoms with Crippen LogP contribution in [0.3, 0.4) is 0 Å². The third kappa shape index (κ3) is 4.01. The molecule has 1 amide bonds. The monoisotopic (exact) mass is 345 g/mol. The van der Waals surface area contributed by atoms with Gasteiger partial charge in [-0.05, 0) is 23.6 Å². The Hall–Kier alpha value is -2.18. The van der Waals surface area contributed by atoms with Crippen LogP contribution in [-0.2, 0) is 22.6 Å². The third-order valence-electron chi connectivity index (χ3n) is 4.01. The smallest absolute Gasteiger partial charge is 0.303 e. The maximum Gasteiger partial charge on any atom is 0.303 e. The van der Waals surface area contributed by atoms with Crippen molar-refractivity contribution in [2.75, 3.05) is 6.61 Å². The number of carbonyl (C=O) groups excluding carboxylic acids is 1. The number of nitrogens with one attached hydrogen (secondary N) is 1. The molecule has 24 heavy (non-hydrogen) atoms. The van der Waals surface area contributed by atoms with Crippen molar-refractivity contribution in [1.82, 2.24) is 5.32 Å². The van der Waals surface area contributed by atoms with E-state index < -0.39 is 5.97 Å². The Labute approximate surface area is 144 Å². The maximum absolute atomic E-state index is 12.6. The van der Waals surface area contributed by atoms with Gasteiger partial charge in [-0.2, -0.15) is 0 Å². The van der Waals surface area contributed by atoms with Crippen LogP contribution in [-0.4, -0.2) is 23.6 Å². The number of benzene rings is 1. The molecule has 0 fully saturated rings. The summed E-state index contributed by atoms with van der Waals surface area (Å²) in [5, 5.41) is 11.9. The molecule has 0 saturated heterocycles. The number of rotatable bonds is 6. The highest BCUT2D eigenvalue weighted by Crippen LogP contribution is 2.28. The molecule has 1 aliphatic heterocycles. The number of thiophene rings is 1. The fourth-order valence-corrected chi connectivity index (χ4v) is 3.82. The summed E-state index contributed by atoms with van der Waals surface area (Å²) in [5.41, 5.74) is 2.00. The van der Waals surface area contributed by atoms with Gasteiger partial charge in [0.15, 0.2) is 0 Å². The van der Waals surface area contributed by atoms with Crippen LogP contribution in [0, 0.1) is 0 Å². The van der Waals surface area contributed by atoms with Gasteiger partial charge in [0.05, 0.1) is 24.1 Å². The van der Waals surface area contributed by atoms with Crippen LogP contribution < -0.4 is 5.32 Å². The van der Waals surface area contributed by atoms with Gasteiger partial charge in [-0.1, -0.05) is 30.3 Å². The first-order chi connectivity index (χ1) is 11.6. The first kappa shape index (κ1) is 16.7. The molecule has 6 heteroatoms. The number of fused-ring (bicyclic) bond motifs is 1. The summed E-state index contributed by atoms with van der Waals surface area (Å²) in [6.45, 7) is 1.25. The molecule has 0 radical (unpaired) electrons. The molecule has 1 aromatic heterocycles. The molecule has 1 atom stereocenters. The van der Waals surface area contributed by atoms with Crippen molar-refractivity contribution in [1.29, 1.82) is 0 Å². The van der Waals surface area contributed by atoms with E-state index >= 15 is 0 Å². The van der Waals surface area contributed by atoms with Gasteiger partial charge in [0.1, 0.15) is 0 Å². The van der Waals surface area contributed by atoms with E-state index in [0.29, 0.717) is 24.5 Å². The van der Waals surface area contributed by atoms with Crippen LogP contribution in [0.25, 0.3) is 0 Å². The maximum atomic E-state index is 12.6. The lowest BCUT2D eigenvalue weighted by atomic mass is 10.0. The van der Waals surface area contributed by atoms with Gasteiger partial charge < -0.3 is 15.2 Å². The average molecular weight is 345 g/mol. The quantitative estimate of drug-likeness (QED) is 0.843. The number of hydrogen-bond donors (Lipinski definition) is 2. The Balaban J connectivity index is 1.74. The van der Waals surface area contributed by atoms with E-state index in [0.717, 1.165) is 17.5 Å². The highest BCUT2D eigenvalue weighted by molar-refractivity contribution is 7.14. The molecule has 2 heterocycles. The Kier molecular flexibility index (Phi) is 5.27. The predicted octanol–water partition coefficient (Wildman–Crippen LogP) is 3.16. The molecule has 0 saturated carbocycles. The minimum Gasteiger partial charge on any atom is -0.481 e. The molecule has 3 rings (SSSR count). The molecular formula is C18H19NO4S. The van der Waals surface area contributed by atoms with E-state index in [-0.39, 0.29) is 18.4 Å². The lowest BCUT2D eigenvalue weighted by Crippen LogP contribution is -2.28. The Morgan fingerprint density at radius 2 is 2.08 bits per heavy atom. The molecule has 0 aliphatic carbocycles. The summed E-state index contributed by atoms with van der Waals surface area (Å²) in [6.07, 6.45) is 1.21. The van der Waals surface area contributed by atoms with E-state index in [2.05, 4.69) is 5.32 Å². The van der Waals surface area contributed by atoms with Crippen molar-refractivity contribution >= 4 is 23.2 Å². The molecule has 2 aromatic rings. The molecule has 0 spiro atoms. The topological polar surface area (TPSA) is 75.6 Å². The number of ether oxygens (including phenoxy) is 1. The van der Waals surface area contributed by atoms with Crippen LogP contribution >= 0.6 is 11.3 Å². The number of carbonyl (C=O) groups is 2. The van der Waals surface area contributed by atoms with Gasteiger partial charge in [-0.15, -0.1) is 11.3 Å². The van der Waals surface area contributed by atoms with Gasteiger partial charge in [0.2, 0.25) is 0 Å². The summed E-state index contributed by atoms with van der Waals surface area (Å²) < 4.78 is 5.41. The van der Waals surface area contributed by atoms with Gasteiger partial charge in [0.25, 0.3) is 5.91 Å². The molecule has 126 valence electrons. The van der Waals surface area contributed by atoms with Crippen molar-refractivity contribution in [3.05, 3.63) is 57.3 Å². The van der Waals surface area contributed by atoms with Gasteiger partial charge in [-0.25, -0.2) is 0 Å². The van der Waals surface area contributed by atoms with Crippen molar-refractivity contribution in [3.8, 4) is 0 Å². The predicted molar refractivity (Wildman–Crippen MR) is 91.2 cm³/mol. The van der Waals surface area contributed by atoms with E-state index in [4.69, 9.17) is 9.84 Å². The highest BCUT2D eigenvalue weighted by Gasteiger charge is 2.21. The second-order valence-electron chi connectivity index (χ2n) is 5.73. The number of carboxylic acids is 1. The minimum atomic E-state index is -0.867. The van der Waals surface area contributed by atoms with E-state index in [1.165, 1.54) is 16.2 Å². The zero-order valence-electron chi connectivity index (χ0n) is 13.2. The van der Waals surface area contributed by atoms with Crippen molar-refractivity contribution in [2.24, 2.45) is 0 Å². The van der Waals surface area contributed by atoms with Crippen molar-refractivity contribution in [3.63, 3.8) is 0 Å². The fourth-order valence-electron chi connectivity index (χ4n) is 2.76. The first-order valence-electron chi connectivity index (χ1n) is 7.90. The molecular weight excluding hydrogens is 326 g/mol. The summed E-state index contributed by atoms with van der Waals surface area (Å²) in [4.78, 5) is 25.4. The SMILES string of the molecule is O=C(O)CCC(NC(=O)c1cc2c(s1)CCOC2)c1ccccc1. The van der Waals surface area contributed by atoms with E-state index in [1.807, 2.05) is 36.4 Å². The number of aliphatic carboxylic acids is 1. The summed E-state index contributed by atoms with van der Waals surface area (Å²) in [6, 6.07) is 11.0. The zero-order chi connectivity index (χ0) is 16.9. The van der Waals surface area contributed by atoms with Crippen LogP contribution in [0.15, 0.2) is 36.4 Å². The van der Waals surface area contributed by atoms with Crippen LogP contribution in [0.1, 0.15) is 44.6 Å². The van der Waals surface area contributed by atoms with Gasteiger partial charge in [0, 0.05) is 17.7 Å². The Bertz CT molecular complexity index is 702. The Morgan fingerprint density at radius 3 is 2.79 bits per heavy atom. The summed E-state index contributed by atoms with van der Waals surface area (Å²) in [5.74, 6) is -1.03. The summed E-state index contributed by atoms with van der Waals surface area (Å²) >= 11 is 1.50. The van der Waals surface area contributed by atoms with Crippen LogP contribution in [0.5, 0.6) is 0 Å². The summed E-state index contributed by atoms with van der Waals surface area (Å²) in [7, 11) is 0. The van der Waals surface area contributed by atoms with Gasteiger partial charge in [-0.3, -0.25) is 9.59 Å². The first-order valence-corrected chi connectivity index (χ1v) is 8.72. The largest absolute Gasteiger partial charge is 0.481 e. The standard InChI is InChI=1S/C18H19NO4S/c20-17(21)7-6-14(12-4-2-1-3-5-12)19-18(22)16-10-13-11-23-9-8-15(13)24-16/h1-5,10,14H,6-9,11H2,(H,19,22)(H,20,21). The molecule has 2 N–H and O–H groups in total. The minimum absolute atomic E-state index is 0.00855. The molecule has 1 unspecified atom stereocenters. The van der Waals surface area contributed by atoms with Gasteiger partial charge >= 0.3 is 5.97 Å². The Morgan fingerprint density at radius 1 is 1.29 bits per heavy atom. The third-order valence-corrected chi connectivity index (χ3v) is 5.24. The molecule has 5 nitrogen and oxygen atoms in total. The van der Waals surface area contributed by atoms with Crippen molar-refractivity contribution < 1.29 is 19.4 Å². The second kappa shape index (κ2) is 7.59. The molecule has 1 aliphatic rings. The number of amides is 1. The second-order valence-corrected chi connectivity index (χ2v) is 6.87. The highest BCUT2D eigenvalue weighted by atomic mass is 32.1. The average Bonchev–Trinajstić information content (AvgIpc) is 3.03. The zero-order valence-corrected chi connectivity index (χ0v) is 14.0. The molecule has 1 aromatic carbocycles.